The predicted molar refractivity (Wildman–Crippen MR) is 100 cm³/mol. The number of carbonyl (C=O) groups is 2. The van der Waals surface area contributed by atoms with Crippen molar-refractivity contribution >= 4 is 11.9 Å². The molecule has 0 aliphatic rings. The Balaban J connectivity index is 3.21. The van der Waals surface area contributed by atoms with Crippen molar-refractivity contribution in [2.24, 2.45) is 0 Å². The number of hydrogen-bond donors (Lipinski definition) is 2. The van der Waals surface area contributed by atoms with E-state index >= 15 is 0 Å². The van der Waals surface area contributed by atoms with E-state index in [0.717, 1.165) is 6.42 Å². The van der Waals surface area contributed by atoms with Crippen molar-refractivity contribution in [3.8, 4) is 0 Å². The fraction of sp³-hybridized carbons (Fsp3) is 0.800. The molecule has 2 N–H and O–H groups in total. The average Bonchev–Trinajstić information content (AvgIpc) is 2.56. The van der Waals surface area contributed by atoms with E-state index in [1.807, 2.05) is 6.08 Å². The second-order valence-corrected chi connectivity index (χ2v) is 6.49. The zero-order valence-electron chi connectivity index (χ0n) is 15.5. The van der Waals surface area contributed by atoms with Crippen LogP contribution < -0.4 is 5.32 Å². The Morgan fingerprint density at radius 3 is 1.88 bits per heavy atom. The lowest BCUT2D eigenvalue weighted by Crippen LogP contribution is -2.23. The van der Waals surface area contributed by atoms with Gasteiger partial charge in [-0.3, -0.25) is 9.59 Å². The third-order valence-corrected chi connectivity index (χ3v) is 4.12. The Morgan fingerprint density at radius 2 is 1.33 bits per heavy atom. The van der Waals surface area contributed by atoms with Gasteiger partial charge < -0.3 is 10.4 Å². The van der Waals surface area contributed by atoms with Gasteiger partial charge in [0.25, 0.3) is 0 Å². The Kier molecular flexibility index (Phi) is 17.0. The van der Waals surface area contributed by atoms with E-state index in [0.29, 0.717) is 6.54 Å². The van der Waals surface area contributed by atoms with Gasteiger partial charge in [-0.1, -0.05) is 83.3 Å². The van der Waals surface area contributed by atoms with Gasteiger partial charge in [-0.05, 0) is 12.8 Å². The summed E-state index contributed by atoms with van der Waals surface area (Å²) in [5.41, 5.74) is 0. The van der Waals surface area contributed by atoms with Gasteiger partial charge in [-0.2, -0.15) is 0 Å². The molecule has 0 aliphatic carbocycles. The number of unbranched alkanes of at least 4 members (excludes halogenated alkanes) is 11. The third-order valence-electron chi connectivity index (χ3n) is 4.12. The SMILES string of the molecule is CCCCCCCCCCCCCC=CCNC(=O)CCC(=O)O. The maximum Gasteiger partial charge on any atom is 0.303 e. The highest BCUT2D eigenvalue weighted by Crippen LogP contribution is 2.11. The van der Waals surface area contributed by atoms with Crippen LogP contribution in [0.2, 0.25) is 0 Å². The molecule has 4 nitrogen and oxygen atoms in total. The number of amides is 1. The standard InChI is InChI=1S/C20H37NO3/c1-2-3-4-5-6-7-8-9-10-11-12-13-14-15-18-21-19(22)16-17-20(23)24/h14-15H,2-13,16-18H2,1H3,(H,21,22)(H,23,24). The number of nitrogens with one attached hydrogen (secondary N) is 1. The first-order valence-corrected chi connectivity index (χ1v) is 9.80. The minimum Gasteiger partial charge on any atom is -0.481 e. The van der Waals surface area contributed by atoms with Crippen LogP contribution in [0.15, 0.2) is 12.2 Å². The summed E-state index contributed by atoms with van der Waals surface area (Å²) in [5, 5.41) is 11.2. The summed E-state index contributed by atoms with van der Waals surface area (Å²) in [6, 6.07) is 0. The molecule has 0 unspecified atom stereocenters. The molecule has 24 heavy (non-hydrogen) atoms. The lowest BCUT2D eigenvalue weighted by atomic mass is 10.1. The largest absolute Gasteiger partial charge is 0.481 e. The van der Waals surface area contributed by atoms with E-state index in [2.05, 4.69) is 18.3 Å². The Morgan fingerprint density at radius 1 is 0.792 bits per heavy atom. The van der Waals surface area contributed by atoms with Crippen LogP contribution in [0, 0.1) is 0 Å². The normalized spacial score (nSPS) is 11.0. The average molecular weight is 340 g/mol. The van der Waals surface area contributed by atoms with Gasteiger partial charge in [0.2, 0.25) is 5.91 Å². The van der Waals surface area contributed by atoms with Gasteiger partial charge in [0.15, 0.2) is 0 Å². The zero-order valence-corrected chi connectivity index (χ0v) is 15.5. The van der Waals surface area contributed by atoms with E-state index in [4.69, 9.17) is 5.11 Å². The Labute approximate surface area is 148 Å². The lowest BCUT2D eigenvalue weighted by Gasteiger charge is -2.02. The first-order chi connectivity index (χ1) is 11.7. The summed E-state index contributed by atoms with van der Waals surface area (Å²) in [6.45, 7) is 2.75. The van der Waals surface area contributed by atoms with E-state index in [-0.39, 0.29) is 18.7 Å². The molecule has 1 amide bonds. The number of carboxylic acids is 1. The van der Waals surface area contributed by atoms with Gasteiger partial charge in [-0.15, -0.1) is 0 Å². The highest BCUT2D eigenvalue weighted by Gasteiger charge is 2.02. The highest BCUT2D eigenvalue weighted by atomic mass is 16.4. The summed E-state index contributed by atoms with van der Waals surface area (Å²) in [6.07, 6.45) is 19.9. The Bertz CT molecular complexity index is 340. The molecule has 0 spiro atoms. The van der Waals surface area contributed by atoms with Crippen molar-refractivity contribution in [3.05, 3.63) is 12.2 Å². The zero-order chi connectivity index (χ0) is 17.9. The van der Waals surface area contributed by atoms with Gasteiger partial charge in [-0.25, -0.2) is 0 Å². The molecule has 0 bridgehead atoms. The second kappa shape index (κ2) is 18.0. The lowest BCUT2D eigenvalue weighted by molar-refractivity contribution is -0.138. The maximum absolute atomic E-state index is 11.3. The summed E-state index contributed by atoms with van der Waals surface area (Å²) in [4.78, 5) is 21.6. The van der Waals surface area contributed by atoms with E-state index in [1.165, 1.54) is 70.6 Å². The summed E-state index contributed by atoms with van der Waals surface area (Å²) in [5.74, 6) is -1.13. The fourth-order valence-corrected chi connectivity index (χ4v) is 2.61. The fourth-order valence-electron chi connectivity index (χ4n) is 2.61. The molecule has 0 rings (SSSR count). The summed E-state index contributed by atoms with van der Waals surface area (Å²) >= 11 is 0. The van der Waals surface area contributed by atoms with Gasteiger partial charge >= 0.3 is 5.97 Å². The Hall–Kier alpha value is -1.32. The quantitative estimate of drug-likeness (QED) is 0.282. The van der Waals surface area contributed by atoms with Crippen molar-refractivity contribution < 1.29 is 14.7 Å². The van der Waals surface area contributed by atoms with Crippen LogP contribution >= 0.6 is 0 Å². The van der Waals surface area contributed by atoms with Crippen molar-refractivity contribution in [2.75, 3.05) is 6.54 Å². The van der Waals surface area contributed by atoms with E-state index in [9.17, 15) is 9.59 Å². The van der Waals surface area contributed by atoms with Crippen molar-refractivity contribution in [3.63, 3.8) is 0 Å². The van der Waals surface area contributed by atoms with Crippen LogP contribution in [0.25, 0.3) is 0 Å². The minimum absolute atomic E-state index is 0.0573. The van der Waals surface area contributed by atoms with Crippen LogP contribution in [-0.4, -0.2) is 23.5 Å². The smallest absolute Gasteiger partial charge is 0.303 e. The molecular weight excluding hydrogens is 302 g/mol. The number of aliphatic carboxylic acids is 1. The van der Waals surface area contributed by atoms with Crippen LogP contribution in [0.4, 0.5) is 0 Å². The maximum atomic E-state index is 11.3. The molecule has 0 aromatic rings. The first kappa shape index (κ1) is 22.7. The monoisotopic (exact) mass is 339 g/mol. The highest BCUT2D eigenvalue weighted by molar-refractivity contribution is 5.80. The summed E-state index contributed by atoms with van der Waals surface area (Å²) in [7, 11) is 0. The minimum atomic E-state index is -0.933. The third kappa shape index (κ3) is 18.7. The molecule has 0 heterocycles. The first-order valence-electron chi connectivity index (χ1n) is 9.80. The van der Waals surface area contributed by atoms with Crippen molar-refractivity contribution in [1.82, 2.24) is 5.32 Å². The predicted octanol–water partition coefficient (Wildman–Crippen LogP) is 5.22. The topological polar surface area (TPSA) is 66.4 Å². The molecule has 0 saturated heterocycles. The summed E-state index contributed by atoms with van der Waals surface area (Å²) < 4.78 is 0. The molecule has 0 aliphatic heterocycles. The van der Waals surface area contributed by atoms with Gasteiger partial charge in [0.1, 0.15) is 0 Å². The van der Waals surface area contributed by atoms with E-state index in [1.54, 1.807) is 0 Å². The van der Waals surface area contributed by atoms with E-state index < -0.39 is 5.97 Å². The molecule has 0 atom stereocenters. The number of hydrogen-bond acceptors (Lipinski definition) is 2. The number of carboxylic acid groups (broad SMARTS) is 1. The molecule has 0 radical (unpaired) electrons. The molecule has 4 heteroatoms. The second-order valence-electron chi connectivity index (χ2n) is 6.49. The molecule has 0 aromatic heterocycles. The van der Waals surface area contributed by atoms with Crippen LogP contribution in [0.1, 0.15) is 96.8 Å². The van der Waals surface area contributed by atoms with Gasteiger partial charge in [0, 0.05) is 13.0 Å². The van der Waals surface area contributed by atoms with Crippen LogP contribution in [0.3, 0.4) is 0 Å². The van der Waals surface area contributed by atoms with Crippen LogP contribution in [-0.2, 0) is 9.59 Å². The molecule has 0 saturated carbocycles. The number of allylic oxidation sites excluding steroid dienone is 1. The number of carbonyl (C=O) groups excluding carboxylic acids is 1. The van der Waals surface area contributed by atoms with Crippen molar-refractivity contribution in [2.45, 2.75) is 96.8 Å². The molecule has 140 valence electrons. The van der Waals surface area contributed by atoms with Gasteiger partial charge in [0.05, 0.1) is 6.42 Å². The van der Waals surface area contributed by atoms with Crippen LogP contribution in [0.5, 0.6) is 0 Å². The molecular formula is C20H37NO3. The van der Waals surface area contributed by atoms with Crippen molar-refractivity contribution in [1.29, 1.82) is 0 Å². The molecule has 0 aromatic carbocycles. The number of rotatable bonds is 17. The molecule has 0 fully saturated rings.